The fraction of sp³-hybridized carbons (Fsp3) is 0.190. The van der Waals surface area contributed by atoms with Crippen molar-refractivity contribution in [1.82, 2.24) is 4.90 Å². The molecule has 0 saturated heterocycles. The van der Waals surface area contributed by atoms with Crippen molar-refractivity contribution in [3.8, 4) is 11.8 Å². The lowest BCUT2D eigenvalue weighted by Crippen LogP contribution is -2.21. The molecule has 0 atom stereocenters. The zero-order valence-corrected chi connectivity index (χ0v) is 15.5. The molecule has 2 rings (SSSR count). The van der Waals surface area contributed by atoms with Crippen LogP contribution in [0, 0.1) is 11.3 Å². The first-order valence-corrected chi connectivity index (χ1v) is 8.42. The van der Waals surface area contributed by atoms with E-state index in [2.05, 4.69) is 5.32 Å². The van der Waals surface area contributed by atoms with Crippen LogP contribution in [0.1, 0.15) is 22.8 Å². The van der Waals surface area contributed by atoms with Gasteiger partial charge in [-0.2, -0.15) is 5.26 Å². The molecule has 2 aromatic carbocycles. The highest BCUT2D eigenvalue weighted by Gasteiger charge is 2.11. The van der Waals surface area contributed by atoms with Gasteiger partial charge in [0, 0.05) is 25.3 Å². The summed E-state index contributed by atoms with van der Waals surface area (Å²) in [6.07, 6.45) is 1.51. The van der Waals surface area contributed by atoms with Crippen LogP contribution in [0.15, 0.2) is 54.1 Å². The highest BCUT2D eigenvalue weighted by molar-refractivity contribution is 6.09. The van der Waals surface area contributed by atoms with Crippen LogP contribution in [0.4, 0.5) is 5.69 Å². The standard InChI is InChI=1S/C21H21N3O3/c1-4-27-19-11-5-15(6-12-19)13-17(14-22)20(25)23-18-9-7-16(8-10-18)21(26)24(2)3/h5-13H,4H2,1-3H3,(H,23,25)/b17-13+. The number of carbonyl (C=O) groups is 2. The number of hydrogen-bond acceptors (Lipinski definition) is 4. The quantitative estimate of drug-likeness (QED) is 0.630. The number of anilines is 1. The smallest absolute Gasteiger partial charge is 0.266 e. The van der Waals surface area contributed by atoms with Crippen molar-refractivity contribution in [1.29, 1.82) is 5.26 Å². The van der Waals surface area contributed by atoms with Gasteiger partial charge in [0.05, 0.1) is 6.61 Å². The molecule has 0 heterocycles. The van der Waals surface area contributed by atoms with Crippen molar-refractivity contribution in [2.24, 2.45) is 0 Å². The van der Waals surface area contributed by atoms with Crippen LogP contribution in [0.3, 0.4) is 0 Å². The summed E-state index contributed by atoms with van der Waals surface area (Å²) in [4.78, 5) is 25.7. The predicted molar refractivity (Wildman–Crippen MR) is 104 cm³/mol. The van der Waals surface area contributed by atoms with E-state index < -0.39 is 5.91 Å². The molecule has 6 nitrogen and oxygen atoms in total. The van der Waals surface area contributed by atoms with Crippen LogP contribution in [-0.4, -0.2) is 37.4 Å². The maximum absolute atomic E-state index is 12.3. The van der Waals surface area contributed by atoms with Gasteiger partial charge < -0.3 is 15.0 Å². The molecule has 0 saturated carbocycles. The van der Waals surface area contributed by atoms with Gasteiger partial charge >= 0.3 is 0 Å². The molecule has 0 spiro atoms. The van der Waals surface area contributed by atoms with Crippen LogP contribution in [0.2, 0.25) is 0 Å². The second kappa shape index (κ2) is 9.20. The molecule has 0 radical (unpaired) electrons. The average molecular weight is 363 g/mol. The van der Waals surface area contributed by atoms with Gasteiger partial charge in [0.25, 0.3) is 11.8 Å². The summed E-state index contributed by atoms with van der Waals surface area (Å²) in [7, 11) is 3.34. The maximum atomic E-state index is 12.3. The third-order valence-corrected chi connectivity index (χ3v) is 3.66. The minimum absolute atomic E-state index is 0.0207. The highest BCUT2D eigenvalue weighted by atomic mass is 16.5. The molecule has 0 aliphatic carbocycles. The Balaban J connectivity index is 2.10. The van der Waals surface area contributed by atoms with Gasteiger partial charge in [-0.05, 0) is 55.0 Å². The Kier molecular flexibility index (Phi) is 6.73. The van der Waals surface area contributed by atoms with Gasteiger partial charge in [0.1, 0.15) is 17.4 Å². The lowest BCUT2D eigenvalue weighted by Gasteiger charge is -2.11. The number of ether oxygens (including phenoxy) is 1. The number of benzene rings is 2. The zero-order chi connectivity index (χ0) is 19.8. The molecule has 2 amide bonds. The Morgan fingerprint density at radius 1 is 1.11 bits per heavy atom. The first-order valence-electron chi connectivity index (χ1n) is 8.42. The summed E-state index contributed by atoms with van der Waals surface area (Å²) in [5, 5.41) is 12.0. The topological polar surface area (TPSA) is 82.4 Å². The molecule has 0 aliphatic rings. The van der Waals surface area contributed by atoms with E-state index in [1.54, 1.807) is 62.6 Å². The SMILES string of the molecule is CCOc1ccc(/C=C(\C#N)C(=O)Nc2ccc(C(=O)N(C)C)cc2)cc1. The average Bonchev–Trinajstić information content (AvgIpc) is 2.67. The summed E-state index contributed by atoms with van der Waals surface area (Å²) in [5.74, 6) is 0.0871. The largest absolute Gasteiger partial charge is 0.494 e. The second-order valence-electron chi connectivity index (χ2n) is 5.90. The number of nitriles is 1. The third-order valence-electron chi connectivity index (χ3n) is 3.66. The molecule has 6 heteroatoms. The Morgan fingerprint density at radius 2 is 1.74 bits per heavy atom. The molecule has 1 N–H and O–H groups in total. The monoisotopic (exact) mass is 363 g/mol. The third kappa shape index (κ3) is 5.44. The minimum Gasteiger partial charge on any atom is -0.494 e. The van der Waals surface area contributed by atoms with E-state index in [1.807, 2.05) is 13.0 Å². The molecule has 27 heavy (non-hydrogen) atoms. The Morgan fingerprint density at radius 3 is 2.26 bits per heavy atom. The second-order valence-corrected chi connectivity index (χ2v) is 5.90. The molecule has 0 fully saturated rings. The van der Waals surface area contributed by atoms with Crippen molar-refractivity contribution < 1.29 is 14.3 Å². The van der Waals surface area contributed by atoms with Crippen LogP contribution in [0.5, 0.6) is 5.75 Å². The van der Waals surface area contributed by atoms with E-state index in [0.29, 0.717) is 17.9 Å². The van der Waals surface area contributed by atoms with Crippen LogP contribution < -0.4 is 10.1 Å². The van der Waals surface area contributed by atoms with E-state index in [4.69, 9.17) is 4.74 Å². The number of hydrogen-bond donors (Lipinski definition) is 1. The molecule has 0 unspecified atom stereocenters. The van der Waals surface area contributed by atoms with E-state index in [-0.39, 0.29) is 11.5 Å². The molecule has 0 aliphatic heterocycles. The first kappa shape index (κ1) is 19.7. The molecular weight excluding hydrogens is 342 g/mol. The summed E-state index contributed by atoms with van der Waals surface area (Å²) in [6.45, 7) is 2.47. The predicted octanol–water partition coefficient (Wildman–Crippen LogP) is 3.33. The van der Waals surface area contributed by atoms with Crippen molar-refractivity contribution >= 4 is 23.6 Å². The van der Waals surface area contributed by atoms with Crippen LogP contribution in [-0.2, 0) is 4.79 Å². The lowest BCUT2D eigenvalue weighted by molar-refractivity contribution is -0.112. The lowest BCUT2D eigenvalue weighted by atomic mass is 10.1. The molecule has 0 bridgehead atoms. The van der Waals surface area contributed by atoms with E-state index in [9.17, 15) is 14.9 Å². The Labute approximate surface area is 158 Å². The molecule has 138 valence electrons. The summed E-state index contributed by atoms with van der Waals surface area (Å²) < 4.78 is 5.37. The molecule has 2 aromatic rings. The number of nitrogens with one attached hydrogen (secondary N) is 1. The Bertz CT molecular complexity index is 876. The Hall–Kier alpha value is -3.59. The molecular formula is C21H21N3O3. The minimum atomic E-state index is -0.516. The number of amides is 2. The summed E-state index contributed by atoms with van der Waals surface area (Å²) in [6, 6.07) is 15.5. The van der Waals surface area contributed by atoms with E-state index in [1.165, 1.54) is 11.0 Å². The fourth-order valence-corrected chi connectivity index (χ4v) is 2.29. The van der Waals surface area contributed by atoms with Gasteiger partial charge in [0.15, 0.2) is 0 Å². The fourth-order valence-electron chi connectivity index (χ4n) is 2.29. The van der Waals surface area contributed by atoms with Crippen LogP contribution >= 0.6 is 0 Å². The summed E-state index contributed by atoms with van der Waals surface area (Å²) >= 11 is 0. The van der Waals surface area contributed by atoms with Gasteiger partial charge in [-0.15, -0.1) is 0 Å². The number of carbonyl (C=O) groups excluding carboxylic acids is 2. The van der Waals surface area contributed by atoms with Crippen molar-refractivity contribution in [3.05, 3.63) is 65.2 Å². The normalized spacial score (nSPS) is 10.7. The van der Waals surface area contributed by atoms with Gasteiger partial charge in [0.2, 0.25) is 0 Å². The number of rotatable bonds is 6. The van der Waals surface area contributed by atoms with Crippen molar-refractivity contribution in [2.75, 3.05) is 26.0 Å². The highest BCUT2D eigenvalue weighted by Crippen LogP contribution is 2.16. The molecule has 0 aromatic heterocycles. The first-order chi connectivity index (χ1) is 12.9. The van der Waals surface area contributed by atoms with Gasteiger partial charge in [-0.25, -0.2) is 0 Å². The number of nitrogens with zero attached hydrogens (tertiary/aromatic N) is 2. The zero-order valence-electron chi connectivity index (χ0n) is 15.5. The van der Waals surface area contributed by atoms with Crippen LogP contribution in [0.25, 0.3) is 6.08 Å². The van der Waals surface area contributed by atoms with E-state index in [0.717, 1.165) is 11.3 Å². The van der Waals surface area contributed by atoms with Crippen molar-refractivity contribution in [3.63, 3.8) is 0 Å². The summed E-state index contributed by atoms with van der Waals surface area (Å²) in [5.41, 5.74) is 1.72. The van der Waals surface area contributed by atoms with Crippen molar-refractivity contribution in [2.45, 2.75) is 6.92 Å². The van der Waals surface area contributed by atoms with Gasteiger partial charge in [-0.1, -0.05) is 12.1 Å². The maximum Gasteiger partial charge on any atom is 0.266 e. The van der Waals surface area contributed by atoms with E-state index >= 15 is 0 Å². The van der Waals surface area contributed by atoms with Gasteiger partial charge in [-0.3, -0.25) is 9.59 Å².